The number of amides is 1. The molecule has 19 heavy (non-hydrogen) atoms. The third-order valence-electron chi connectivity index (χ3n) is 3.35. The van der Waals surface area contributed by atoms with E-state index < -0.39 is 0 Å². The van der Waals surface area contributed by atoms with Crippen molar-refractivity contribution in [3.63, 3.8) is 0 Å². The van der Waals surface area contributed by atoms with Crippen molar-refractivity contribution < 1.29 is 4.79 Å². The Hall–Kier alpha value is -2.37. The molecule has 6 nitrogen and oxygen atoms in total. The molecule has 0 aromatic carbocycles. The van der Waals surface area contributed by atoms with Crippen LogP contribution >= 0.6 is 0 Å². The van der Waals surface area contributed by atoms with Crippen LogP contribution in [0.1, 0.15) is 28.5 Å². The summed E-state index contributed by atoms with van der Waals surface area (Å²) in [6.45, 7) is 0.895. The zero-order chi connectivity index (χ0) is 13.2. The lowest BCUT2D eigenvalue weighted by molar-refractivity contribution is 0.0937. The van der Waals surface area contributed by atoms with E-state index in [1.165, 1.54) is 0 Å². The number of rotatable bonds is 3. The van der Waals surface area contributed by atoms with Crippen LogP contribution in [0.4, 0.5) is 5.82 Å². The molecule has 0 radical (unpaired) electrons. The lowest BCUT2D eigenvalue weighted by Gasteiger charge is -2.13. The predicted octanol–water partition coefficient (Wildman–Crippen LogP) is 1.19. The quantitative estimate of drug-likeness (QED) is 0.866. The Labute approximate surface area is 110 Å². The van der Waals surface area contributed by atoms with Gasteiger partial charge in [-0.25, -0.2) is 9.97 Å². The van der Waals surface area contributed by atoms with Gasteiger partial charge >= 0.3 is 0 Å². The van der Waals surface area contributed by atoms with Crippen molar-refractivity contribution in [2.24, 2.45) is 0 Å². The minimum atomic E-state index is -0.114. The number of hydrogen-bond donors (Lipinski definition) is 2. The predicted molar refractivity (Wildman–Crippen MR) is 70.8 cm³/mol. The van der Waals surface area contributed by atoms with E-state index in [-0.39, 0.29) is 11.9 Å². The molecular weight excluding hydrogens is 242 g/mol. The van der Waals surface area contributed by atoms with Crippen LogP contribution < -0.4 is 10.6 Å². The van der Waals surface area contributed by atoms with Crippen LogP contribution in [0.2, 0.25) is 0 Å². The summed E-state index contributed by atoms with van der Waals surface area (Å²) in [4.78, 5) is 20.5. The fraction of sp³-hybridized carbons (Fsp3) is 0.308. The van der Waals surface area contributed by atoms with E-state index in [0.717, 1.165) is 18.7 Å². The van der Waals surface area contributed by atoms with E-state index in [9.17, 15) is 4.79 Å². The van der Waals surface area contributed by atoms with E-state index in [2.05, 4.69) is 25.2 Å². The number of aryl methyl sites for hydroxylation is 1. The molecule has 1 atom stereocenters. The minimum absolute atomic E-state index is 0.0277. The first kappa shape index (κ1) is 11.7. The SMILES string of the molecule is CNc1ncccc1C(=O)NC1CCn2cncc21. The molecule has 2 N–H and O–H groups in total. The summed E-state index contributed by atoms with van der Waals surface area (Å²) in [5, 5.41) is 5.96. The lowest BCUT2D eigenvalue weighted by atomic mass is 10.1. The number of hydrogen-bond acceptors (Lipinski definition) is 4. The second-order valence-corrected chi connectivity index (χ2v) is 4.48. The van der Waals surface area contributed by atoms with Gasteiger partial charge < -0.3 is 15.2 Å². The molecule has 0 fully saturated rings. The van der Waals surface area contributed by atoms with Gasteiger partial charge in [-0.1, -0.05) is 0 Å². The van der Waals surface area contributed by atoms with E-state index in [4.69, 9.17) is 0 Å². The van der Waals surface area contributed by atoms with Crippen LogP contribution in [0.25, 0.3) is 0 Å². The highest BCUT2D eigenvalue weighted by Gasteiger charge is 2.25. The molecule has 0 bridgehead atoms. The van der Waals surface area contributed by atoms with E-state index in [1.54, 1.807) is 37.9 Å². The Balaban J connectivity index is 1.79. The third-order valence-corrected chi connectivity index (χ3v) is 3.35. The summed E-state index contributed by atoms with van der Waals surface area (Å²) >= 11 is 0. The molecule has 2 aromatic rings. The van der Waals surface area contributed by atoms with Crippen molar-refractivity contribution >= 4 is 11.7 Å². The maximum absolute atomic E-state index is 12.3. The summed E-state index contributed by atoms with van der Waals surface area (Å²) in [5.41, 5.74) is 1.62. The fourth-order valence-electron chi connectivity index (χ4n) is 2.39. The van der Waals surface area contributed by atoms with Crippen molar-refractivity contribution in [2.75, 3.05) is 12.4 Å². The Morgan fingerprint density at radius 3 is 3.26 bits per heavy atom. The van der Waals surface area contributed by atoms with Gasteiger partial charge in [0.2, 0.25) is 0 Å². The smallest absolute Gasteiger partial charge is 0.255 e. The Morgan fingerprint density at radius 1 is 1.53 bits per heavy atom. The van der Waals surface area contributed by atoms with Gasteiger partial charge in [0.05, 0.1) is 29.8 Å². The third kappa shape index (κ3) is 2.05. The molecule has 0 spiro atoms. The molecule has 98 valence electrons. The number of pyridine rings is 1. The number of imidazole rings is 1. The van der Waals surface area contributed by atoms with Gasteiger partial charge in [0, 0.05) is 19.8 Å². The molecule has 0 saturated carbocycles. The number of nitrogens with zero attached hydrogens (tertiary/aromatic N) is 3. The van der Waals surface area contributed by atoms with Crippen molar-refractivity contribution in [1.82, 2.24) is 19.9 Å². The van der Waals surface area contributed by atoms with Crippen LogP contribution in [0, 0.1) is 0 Å². The highest BCUT2D eigenvalue weighted by atomic mass is 16.1. The molecule has 1 aliphatic heterocycles. The van der Waals surface area contributed by atoms with Crippen molar-refractivity contribution in [3.8, 4) is 0 Å². The highest BCUT2D eigenvalue weighted by molar-refractivity contribution is 5.98. The van der Waals surface area contributed by atoms with Gasteiger partial charge in [-0.15, -0.1) is 0 Å². The Bertz CT molecular complexity index is 607. The standard InChI is InChI=1S/C13H15N5O/c1-14-12-9(3-2-5-16-12)13(19)17-10-4-6-18-8-15-7-11(10)18/h2-3,5,7-8,10H,4,6H2,1H3,(H,14,16)(H,17,19). The number of anilines is 1. The summed E-state index contributed by atoms with van der Waals surface area (Å²) in [7, 11) is 1.75. The van der Waals surface area contributed by atoms with Gasteiger partial charge in [0.15, 0.2) is 0 Å². The number of carbonyl (C=O) groups excluding carboxylic acids is 1. The Kier molecular flexibility index (Phi) is 2.91. The number of nitrogens with one attached hydrogen (secondary N) is 2. The van der Waals surface area contributed by atoms with E-state index in [1.807, 2.05) is 0 Å². The summed E-state index contributed by atoms with van der Waals surface area (Å²) in [5.74, 6) is 0.476. The molecule has 1 amide bonds. The Morgan fingerprint density at radius 2 is 2.42 bits per heavy atom. The van der Waals surface area contributed by atoms with Gasteiger partial charge in [-0.05, 0) is 18.6 Å². The first-order valence-electron chi connectivity index (χ1n) is 6.23. The van der Waals surface area contributed by atoms with Gasteiger partial charge in [0.1, 0.15) is 5.82 Å². The molecule has 1 aliphatic rings. The molecule has 0 saturated heterocycles. The molecule has 0 aliphatic carbocycles. The molecule has 6 heteroatoms. The van der Waals surface area contributed by atoms with E-state index in [0.29, 0.717) is 11.4 Å². The van der Waals surface area contributed by atoms with Gasteiger partial charge in [-0.3, -0.25) is 4.79 Å². The lowest BCUT2D eigenvalue weighted by Crippen LogP contribution is -2.28. The normalized spacial score (nSPS) is 17.0. The van der Waals surface area contributed by atoms with Crippen LogP contribution in [-0.2, 0) is 6.54 Å². The summed E-state index contributed by atoms with van der Waals surface area (Å²) in [6, 6.07) is 3.55. The highest BCUT2D eigenvalue weighted by Crippen LogP contribution is 2.25. The van der Waals surface area contributed by atoms with Crippen molar-refractivity contribution in [1.29, 1.82) is 0 Å². The second kappa shape index (κ2) is 4.72. The van der Waals surface area contributed by atoms with Gasteiger partial charge in [-0.2, -0.15) is 0 Å². The first-order valence-corrected chi connectivity index (χ1v) is 6.23. The van der Waals surface area contributed by atoms with Crippen LogP contribution in [-0.4, -0.2) is 27.5 Å². The number of fused-ring (bicyclic) bond motifs is 1. The molecule has 3 heterocycles. The average Bonchev–Trinajstić information content (AvgIpc) is 3.03. The largest absolute Gasteiger partial charge is 0.372 e. The fourth-order valence-corrected chi connectivity index (χ4v) is 2.39. The zero-order valence-corrected chi connectivity index (χ0v) is 10.6. The summed E-state index contributed by atoms with van der Waals surface area (Å²) in [6.07, 6.45) is 6.16. The average molecular weight is 257 g/mol. The molecule has 1 unspecified atom stereocenters. The van der Waals surface area contributed by atoms with Crippen LogP contribution in [0.3, 0.4) is 0 Å². The maximum Gasteiger partial charge on any atom is 0.255 e. The van der Waals surface area contributed by atoms with E-state index >= 15 is 0 Å². The summed E-state index contributed by atoms with van der Waals surface area (Å²) < 4.78 is 2.06. The van der Waals surface area contributed by atoms with Crippen molar-refractivity contribution in [3.05, 3.63) is 42.1 Å². The molecular formula is C13H15N5O. The monoisotopic (exact) mass is 257 g/mol. The maximum atomic E-state index is 12.3. The second-order valence-electron chi connectivity index (χ2n) is 4.48. The van der Waals surface area contributed by atoms with Crippen LogP contribution in [0.5, 0.6) is 0 Å². The topological polar surface area (TPSA) is 71.8 Å². The minimum Gasteiger partial charge on any atom is -0.372 e. The number of carbonyl (C=O) groups is 1. The molecule has 2 aromatic heterocycles. The van der Waals surface area contributed by atoms with Crippen LogP contribution in [0.15, 0.2) is 30.9 Å². The zero-order valence-electron chi connectivity index (χ0n) is 10.6. The first-order chi connectivity index (χ1) is 9.29. The number of aromatic nitrogens is 3. The van der Waals surface area contributed by atoms with Gasteiger partial charge in [0.25, 0.3) is 5.91 Å². The van der Waals surface area contributed by atoms with Crippen molar-refractivity contribution in [2.45, 2.75) is 19.0 Å². The molecule has 3 rings (SSSR count).